The standard InChI is InChI=1S/C9H16N6O/c1-15(7-3-2-5-10-6-4-7)9(16)8-11-13-14-12-8/h7,10H,2-6H2,1H3,(H,11,12,13,14). The van der Waals surface area contributed by atoms with Crippen LogP contribution in [-0.2, 0) is 0 Å². The third-order valence-electron chi connectivity index (χ3n) is 2.95. The van der Waals surface area contributed by atoms with Crippen LogP contribution in [0.1, 0.15) is 29.9 Å². The van der Waals surface area contributed by atoms with Crippen LogP contribution in [0.25, 0.3) is 0 Å². The van der Waals surface area contributed by atoms with E-state index in [4.69, 9.17) is 0 Å². The van der Waals surface area contributed by atoms with Crippen LogP contribution in [0.4, 0.5) is 0 Å². The van der Waals surface area contributed by atoms with E-state index in [0.717, 1.165) is 32.4 Å². The highest BCUT2D eigenvalue weighted by Gasteiger charge is 2.24. The fraction of sp³-hybridized carbons (Fsp3) is 0.778. The van der Waals surface area contributed by atoms with E-state index < -0.39 is 0 Å². The number of amides is 1. The van der Waals surface area contributed by atoms with Crippen molar-refractivity contribution in [1.82, 2.24) is 30.8 Å². The summed E-state index contributed by atoms with van der Waals surface area (Å²) in [6, 6.07) is 0.265. The molecule has 1 unspecified atom stereocenters. The summed E-state index contributed by atoms with van der Waals surface area (Å²) in [4.78, 5) is 13.7. The molecule has 1 aliphatic rings. The van der Waals surface area contributed by atoms with Gasteiger partial charge in [0, 0.05) is 13.1 Å². The molecule has 2 heterocycles. The van der Waals surface area contributed by atoms with Crippen LogP contribution >= 0.6 is 0 Å². The highest BCUT2D eigenvalue weighted by atomic mass is 16.2. The van der Waals surface area contributed by atoms with Gasteiger partial charge in [-0.05, 0) is 37.6 Å². The summed E-state index contributed by atoms with van der Waals surface area (Å²) in [7, 11) is 1.80. The summed E-state index contributed by atoms with van der Waals surface area (Å²) < 4.78 is 0. The SMILES string of the molecule is CN(C(=O)c1nn[nH]n1)C1CCCNCC1. The van der Waals surface area contributed by atoms with E-state index >= 15 is 0 Å². The number of aromatic nitrogens is 4. The van der Waals surface area contributed by atoms with E-state index in [2.05, 4.69) is 25.9 Å². The monoisotopic (exact) mass is 224 g/mol. The second-order valence-electron chi connectivity index (χ2n) is 3.99. The molecule has 0 radical (unpaired) electrons. The Kier molecular flexibility index (Phi) is 3.45. The number of carbonyl (C=O) groups is 1. The number of H-pyrrole nitrogens is 1. The van der Waals surface area contributed by atoms with Gasteiger partial charge in [0.1, 0.15) is 0 Å². The van der Waals surface area contributed by atoms with Gasteiger partial charge < -0.3 is 10.2 Å². The summed E-state index contributed by atoms with van der Waals surface area (Å²) in [5.41, 5.74) is 0. The van der Waals surface area contributed by atoms with Crippen LogP contribution in [0.3, 0.4) is 0 Å². The Hall–Kier alpha value is -1.50. The van der Waals surface area contributed by atoms with Gasteiger partial charge in [0.15, 0.2) is 0 Å². The van der Waals surface area contributed by atoms with Gasteiger partial charge in [0.25, 0.3) is 11.7 Å². The van der Waals surface area contributed by atoms with Crippen molar-refractivity contribution < 1.29 is 4.79 Å². The van der Waals surface area contributed by atoms with Crippen LogP contribution in [0.2, 0.25) is 0 Å². The first-order valence-electron chi connectivity index (χ1n) is 5.50. The molecule has 1 aromatic rings. The molecule has 1 amide bonds. The number of aromatic amines is 1. The zero-order chi connectivity index (χ0) is 11.4. The number of nitrogens with zero attached hydrogens (tertiary/aromatic N) is 4. The van der Waals surface area contributed by atoms with Gasteiger partial charge in [-0.25, -0.2) is 0 Å². The maximum Gasteiger partial charge on any atom is 0.295 e. The predicted molar refractivity (Wildman–Crippen MR) is 56.8 cm³/mol. The predicted octanol–water partition coefficient (Wildman–Crippen LogP) is -0.586. The number of rotatable bonds is 2. The molecule has 1 aliphatic heterocycles. The Labute approximate surface area is 93.6 Å². The second-order valence-corrected chi connectivity index (χ2v) is 3.99. The molecule has 7 nitrogen and oxygen atoms in total. The topological polar surface area (TPSA) is 86.8 Å². The molecule has 0 aliphatic carbocycles. The molecule has 88 valence electrons. The molecular formula is C9H16N6O. The normalized spacial score (nSPS) is 21.4. The summed E-state index contributed by atoms with van der Waals surface area (Å²) in [5, 5.41) is 16.4. The molecule has 1 aromatic heterocycles. The average molecular weight is 224 g/mol. The van der Waals surface area contributed by atoms with E-state index in [-0.39, 0.29) is 17.8 Å². The van der Waals surface area contributed by atoms with Crippen molar-refractivity contribution in [2.24, 2.45) is 0 Å². The van der Waals surface area contributed by atoms with E-state index in [1.165, 1.54) is 0 Å². The Morgan fingerprint density at radius 2 is 2.31 bits per heavy atom. The second kappa shape index (κ2) is 5.02. The zero-order valence-corrected chi connectivity index (χ0v) is 9.31. The number of carbonyl (C=O) groups excluding carboxylic acids is 1. The van der Waals surface area contributed by atoms with Gasteiger partial charge in [-0.15, -0.1) is 10.2 Å². The third-order valence-corrected chi connectivity index (χ3v) is 2.95. The van der Waals surface area contributed by atoms with Gasteiger partial charge >= 0.3 is 0 Å². The summed E-state index contributed by atoms with van der Waals surface area (Å²) >= 11 is 0. The first-order valence-corrected chi connectivity index (χ1v) is 5.50. The molecule has 0 spiro atoms. The molecule has 0 saturated carbocycles. The number of hydrogen-bond acceptors (Lipinski definition) is 5. The Morgan fingerprint density at radius 1 is 1.44 bits per heavy atom. The lowest BCUT2D eigenvalue weighted by molar-refractivity contribution is 0.0708. The average Bonchev–Trinajstić information content (AvgIpc) is 2.70. The summed E-state index contributed by atoms with van der Waals surface area (Å²) in [5.74, 6) is -0.0274. The van der Waals surface area contributed by atoms with E-state index in [9.17, 15) is 4.79 Å². The van der Waals surface area contributed by atoms with Crippen molar-refractivity contribution in [2.45, 2.75) is 25.3 Å². The van der Waals surface area contributed by atoms with E-state index in [1.807, 2.05) is 0 Å². The first-order chi connectivity index (χ1) is 7.79. The van der Waals surface area contributed by atoms with Crippen molar-refractivity contribution >= 4 is 5.91 Å². The largest absolute Gasteiger partial charge is 0.336 e. The van der Waals surface area contributed by atoms with Crippen LogP contribution < -0.4 is 5.32 Å². The summed E-state index contributed by atoms with van der Waals surface area (Å²) in [6.07, 6.45) is 3.09. The molecule has 0 bridgehead atoms. The van der Waals surface area contributed by atoms with E-state index in [1.54, 1.807) is 11.9 Å². The fourth-order valence-corrected chi connectivity index (χ4v) is 1.96. The minimum Gasteiger partial charge on any atom is -0.336 e. The van der Waals surface area contributed by atoms with Gasteiger partial charge in [-0.3, -0.25) is 4.79 Å². The van der Waals surface area contributed by atoms with Gasteiger partial charge in [-0.2, -0.15) is 5.21 Å². The minimum atomic E-state index is -0.166. The molecule has 7 heteroatoms. The van der Waals surface area contributed by atoms with Gasteiger partial charge in [0.2, 0.25) is 0 Å². The first kappa shape index (κ1) is 11.0. The molecule has 2 rings (SSSR count). The number of nitrogens with one attached hydrogen (secondary N) is 2. The molecule has 1 atom stereocenters. The third kappa shape index (κ3) is 2.35. The molecule has 2 N–H and O–H groups in total. The van der Waals surface area contributed by atoms with Crippen LogP contribution in [0, 0.1) is 0 Å². The lowest BCUT2D eigenvalue weighted by Gasteiger charge is -2.25. The fourth-order valence-electron chi connectivity index (χ4n) is 1.96. The maximum absolute atomic E-state index is 11.9. The van der Waals surface area contributed by atoms with Crippen LogP contribution in [0.15, 0.2) is 0 Å². The Balaban J connectivity index is 2.00. The number of hydrogen-bond donors (Lipinski definition) is 2. The van der Waals surface area contributed by atoms with Gasteiger partial charge in [-0.1, -0.05) is 0 Å². The Bertz CT molecular complexity index is 330. The lowest BCUT2D eigenvalue weighted by atomic mass is 10.1. The Morgan fingerprint density at radius 3 is 3.06 bits per heavy atom. The molecular weight excluding hydrogens is 208 g/mol. The minimum absolute atomic E-state index is 0.139. The van der Waals surface area contributed by atoms with Crippen LogP contribution in [-0.4, -0.2) is 57.6 Å². The highest BCUT2D eigenvalue weighted by Crippen LogP contribution is 2.13. The van der Waals surface area contributed by atoms with Crippen molar-refractivity contribution in [3.8, 4) is 0 Å². The zero-order valence-electron chi connectivity index (χ0n) is 9.31. The molecule has 16 heavy (non-hydrogen) atoms. The van der Waals surface area contributed by atoms with Crippen molar-refractivity contribution in [3.63, 3.8) is 0 Å². The van der Waals surface area contributed by atoms with Crippen molar-refractivity contribution in [3.05, 3.63) is 5.82 Å². The quantitative estimate of drug-likeness (QED) is 0.701. The molecule has 1 fully saturated rings. The van der Waals surface area contributed by atoms with Crippen LogP contribution in [0.5, 0.6) is 0 Å². The van der Waals surface area contributed by atoms with Crippen molar-refractivity contribution in [1.29, 1.82) is 0 Å². The highest BCUT2D eigenvalue weighted by molar-refractivity contribution is 5.90. The lowest BCUT2D eigenvalue weighted by Crippen LogP contribution is -2.38. The van der Waals surface area contributed by atoms with Gasteiger partial charge in [0.05, 0.1) is 0 Å². The number of tetrazole rings is 1. The van der Waals surface area contributed by atoms with E-state index in [0.29, 0.717) is 0 Å². The smallest absolute Gasteiger partial charge is 0.295 e. The van der Waals surface area contributed by atoms with Crippen molar-refractivity contribution in [2.75, 3.05) is 20.1 Å². The molecule has 0 aromatic carbocycles. The maximum atomic E-state index is 11.9. The summed E-state index contributed by atoms with van der Waals surface area (Å²) in [6.45, 7) is 1.98. The molecule has 1 saturated heterocycles.